The largest absolute Gasteiger partial charge is 0.492 e. The zero-order chi connectivity index (χ0) is 14.4. The predicted octanol–water partition coefficient (Wildman–Crippen LogP) is 3.37. The van der Waals surface area contributed by atoms with E-state index >= 15 is 0 Å². The van der Waals surface area contributed by atoms with Crippen LogP contribution < -0.4 is 0 Å². The summed E-state index contributed by atoms with van der Waals surface area (Å²) in [5.74, 6) is 2.21. The molecule has 5 nitrogen and oxygen atoms in total. The maximum absolute atomic E-state index is 9.95. The van der Waals surface area contributed by atoms with Crippen molar-refractivity contribution in [2.45, 2.75) is 19.3 Å². The van der Waals surface area contributed by atoms with Crippen molar-refractivity contribution in [2.75, 3.05) is 0 Å². The van der Waals surface area contributed by atoms with Crippen LogP contribution in [0.15, 0.2) is 17.3 Å². The fourth-order valence-electron chi connectivity index (χ4n) is 2.44. The van der Waals surface area contributed by atoms with Crippen molar-refractivity contribution < 1.29 is 5.11 Å². The number of aromatic amines is 1. The van der Waals surface area contributed by atoms with Gasteiger partial charge in [-0.05, 0) is 30.9 Å². The Hall–Kier alpha value is -2.14. The highest BCUT2D eigenvalue weighted by Crippen LogP contribution is 2.35. The lowest BCUT2D eigenvalue weighted by Gasteiger charge is -1.99. The maximum Gasteiger partial charge on any atom is 0.237 e. The third-order valence-electron chi connectivity index (χ3n) is 3.71. The molecule has 0 aromatic carbocycles. The molecule has 0 atom stereocenters. The van der Waals surface area contributed by atoms with Gasteiger partial charge >= 0.3 is 0 Å². The highest BCUT2D eigenvalue weighted by molar-refractivity contribution is 6.31. The summed E-state index contributed by atoms with van der Waals surface area (Å²) in [6.45, 7) is 0. The van der Waals surface area contributed by atoms with E-state index in [0.717, 1.165) is 23.4 Å². The topological polar surface area (TPSA) is 74.2 Å². The number of rotatable bonds is 3. The molecule has 1 fully saturated rings. The second kappa shape index (κ2) is 4.70. The van der Waals surface area contributed by atoms with Crippen LogP contribution in [0.3, 0.4) is 0 Å². The van der Waals surface area contributed by atoms with Crippen LogP contribution in [0, 0.1) is 5.92 Å². The molecule has 2 N–H and O–H groups in total. The van der Waals surface area contributed by atoms with E-state index in [1.807, 2.05) is 12.1 Å². The summed E-state index contributed by atoms with van der Waals surface area (Å²) in [5, 5.41) is 10.5. The number of hydrogen-bond donors (Lipinski definition) is 2. The minimum absolute atomic E-state index is 0.0231. The van der Waals surface area contributed by atoms with Crippen molar-refractivity contribution >= 4 is 35.3 Å². The molecule has 1 aliphatic heterocycles. The molecule has 1 saturated carbocycles. The van der Waals surface area contributed by atoms with Crippen LogP contribution >= 0.6 is 11.6 Å². The predicted molar refractivity (Wildman–Crippen MR) is 82.0 cm³/mol. The molecule has 1 aliphatic carbocycles. The Labute approximate surface area is 126 Å². The van der Waals surface area contributed by atoms with E-state index in [4.69, 9.17) is 11.6 Å². The average Bonchev–Trinajstić information content (AvgIpc) is 3.08. The summed E-state index contributed by atoms with van der Waals surface area (Å²) in [6.07, 6.45) is 8.52. The van der Waals surface area contributed by atoms with Crippen molar-refractivity contribution in [1.29, 1.82) is 0 Å². The number of aromatic nitrogens is 3. The van der Waals surface area contributed by atoms with Crippen LogP contribution in [0.25, 0.3) is 11.6 Å². The summed E-state index contributed by atoms with van der Waals surface area (Å²) in [5.41, 5.74) is 2.32. The van der Waals surface area contributed by atoms with Crippen LogP contribution in [0.1, 0.15) is 29.9 Å². The third-order valence-corrected chi connectivity index (χ3v) is 3.92. The number of nitrogens with one attached hydrogen (secondary N) is 1. The van der Waals surface area contributed by atoms with E-state index in [0.29, 0.717) is 22.5 Å². The highest BCUT2D eigenvalue weighted by Gasteiger charge is 2.24. The van der Waals surface area contributed by atoms with Crippen molar-refractivity contribution in [3.8, 4) is 5.88 Å². The first-order valence-electron chi connectivity index (χ1n) is 6.88. The number of H-pyrrole nitrogens is 1. The molecule has 106 valence electrons. The Morgan fingerprint density at radius 3 is 3.10 bits per heavy atom. The van der Waals surface area contributed by atoms with Crippen LogP contribution in [0.5, 0.6) is 5.88 Å². The number of halogens is 1. The Morgan fingerprint density at radius 1 is 1.43 bits per heavy atom. The van der Waals surface area contributed by atoms with Gasteiger partial charge in [0.25, 0.3) is 0 Å². The molecule has 2 aliphatic rings. The molecule has 0 saturated heterocycles. The van der Waals surface area contributed by atoms with E-state index in [9.17, 15) is 5.11 Å². The van der Waals surface area contributed by atoms with E-state index in [1.54, 1.807) is 12.4 Å². The normalized spacial score (nSPS) is 18.4. The molecule has 4 rings (SSSR count). The standard InChI is InChI=1S/C15H13ClN4O/c16-10-5-11-9(6-17-14(11)18-7-10)4-12-15(21)20-13(19-12)3-8-1-2-8/h4-8,21H,1-3H2,(H,19,20). The molecule has 6 heteroatoms. The van der Waals surface area contributed by atoms with Gasteiger partial charge in [0.15, 0.2) is 5.82 Å². The number of nitrogens with zero attached hydrogens (tertiary/aromatic N) is 3. The molecular formula is C15H13ClN4O. The molecule has 3 heterocycles. The highest BCUT2D eigenvalue weighted by atomic mass is 35.5. The Balaban J connectivity index is 1.68. The molecule has 0 unspecified atom stereocenters. The lowest BCUT2D eigenvalue weighted by molar-refractivity contribution is 0.454. The van der Waals surface area contributed by atoms with E-state index < -0.39 is 0 Å². The number of imidazole rings is 1. The van der Waals surface area contributed by atoms with Gasteiger partial charge in [-0.1, -0.05) is 11.6 Å². The van der Waals surface area contributed by atoms with E-state index in [2.05, 4.69) is 19.9 Å². The van der Waals surface area contributed by atoms with Gasteiger partial charge in [-0.15, -0.1) is 0 Å². The van der Waals surface area contributed by atoms with Crippen molar-refractivity contribution in [3.63, 3.8) is 0 Å². The first-order valence-corrected chi connectivity index (χ1v) is 7.26. The van der Waals surface area contributed by atoms with Crippen molar-refractivity contribution in [1.82, 2.24) is 15.0 Å². The van der Waals surface area contributed by atoms with Crippen LogP contribution in [0.2, 0.25) is 5.02 Å². The molecular weight excluding hydrogens is 288 g/mol. The maximum atomic E-state index is 9.95. The lowest BCUT2D eigenvalue weighted by Crippen LogP contribution is -1.89. The van der Waals surface area contributed by atoms with Gasteiger partial charge in [0.2, 0.25) is 5.88 Å². The third kappa shape index (κ3) is 2.45. The Bertz CT molecular complexity index is 774. The van der Waals surface area contributed by atoms with E-state index in [1.165, 1.54) is 12.8 Å². The number of hydrogen-bond acceptors (Lipinski definition) is 4. The summed E-state index contributed by atoms with van der Waals surface area (Å²) in [4.78, 5) is 15.7. The van der Waals surface area contributed by atoms with E-state index in [-0.39, 0.29) is 5.88 Å². The summed E-state index contributed by atoms with van der Waals surface area (Å²) < 4.78 is 0. The number of aromatic hydroxyl groups is 1. The fourth-order valence-corrected chi connectivity index (χ4v) is 2.60. The quantitative estimate of drug-likeness (QED) is 0.912. The minimum Gasteiger partial charge on any atom is -0.492 e. The number of pyridine rings is 1. The van der Waals surface area contributed by atoms with Gasteiger partial charge in [-0.25, -0.2) is 9.98 Å². The Morgan fingerprint density at radius 2 is 2.29 bits per heavy atom. The second-order valence-corrected chi connectivity index (χ2v) is 5.89. The smallest absolute Gasteiger partial charge is 0.237 e. The first kappa shape index (κ1) is 12.6. The molecule has 0 bridgehead atoms. The van der Waals surface area contributed by atoms with Crippen molar-refractivity contribution in [3.05, 3.63) is 34.4 Å². The van der Waals surface area contributed by atoms with Crippen LogP contribution in [-0.2, 0) is 6.42 Å². The zero-order valence-electron chi connectivity index (χ0n) is 11.2. The van der Waals surface area contributed by atoms with Gasteiger partial charge in [-0.3, -0.25) is 0 Å². The SMILES string of the molecule is Oc1nc(CC2CC2)[nH]c1C=C1C=Nc2ncc(Cl)cc21. The number of aliphatic imine (C=N–C) groups is 1. The zero-order valence-corrected chi connectivity index (χ0v) is 11.9. The van der Waals surface area contributed by atoms with Gasteiger partial charge in [0.1, 0.15) is 11.5 Å². The number of fused-ring (bicyclic) bond motifs is 1. The molecule has 21 heavy (non-hydrogen) atoms. The molecule has 0 radical (unpaired) electrons. The second-order valence-electron chi connectivity index (χ2n) is 5.45. The van der Waals surface area contributed by atoms with Gasteiger partial charge in [-0.2, -0.15) is 4.98 Å². The van der Waals surface area contributed by atoms with Crippen molar-refractivity contribution in [2.24, 2.45) is 10.9 Å². The molecule has 0 spiro atoms. The summed E-state index contributed by atoms with van der Waals surface area (Å²) in [7, 11) is 0. The first-order chi connectivity index (χ1) is 10.2. The fraction of sp³-hybridized carbons (Fsp3) is 0.267. The minimum atomic E-state index is 0.0231. The molecule has 0 amide bonds. The van der Waals surface area contributed by atoms with Crippen LogP contribution in [-0.4, -0.2) is 26.3 Å². The number of allylic oxidation sites excluding steroid dienone is 1. The monoisotopic (exact) mass is 300 g/mol. The molecule has 2 aromatic heterocycles. The summed E-state index contributed by atoms with van der Waals surface area (Å²) in [6, 6.07) is 1.82. The lowest BCUT2D eigenvalue weighted by atomic mass is 10.1. The van der Waals surface area contributed by atoms with Gasteiger partial charge in [0.05, 0.1) is 5.02 Å². The molecule has 2 aromatic rings. The Kier molecular flexibility index (Phi) is 2.82. The summed E-state index contributed by atoms with van der Waals surface area (Å²) >= 11 is 5.98. The van der Waals surface area contributed by atoms with Gasteiger partial charge < -0.3 is 10.1 Å². The van der Waals surface area contributed by atoms with Gasteiger partial charge in [0, 0.05) is 30.0 Å². The van der Waals surface area contributed by atoms with Crippen LogP contribution in [0.4, 0.5) is 5.82 Å². The average molecular weight is 301 g/mol.